The number of amides is 1. The van der Waals surface area contributed by atoms with Gasteiger partial charge in [-0.1, -0.05) is 25.0 Å². The summed E-state index contributed by atoms with van der Waals surface area (Å²) in [6.45, 7) is 1.15. The van der Waals surface area contributed by atoms with Gasteiger partial charge in [-0.15, -0.1) is 0 Å². The third kappa shape index (κ3) is 2.15. The van der Waals surface area contributed by atoms with Gasteiger partial charge in [-0.05, 0) is 30.5 Å². The van der Waals surface area contributed by atoms with Gasteiger partial charge in [-0.2, -0.15) is 5.06 Å². The first-order valence-corrected chi connectivity index (χ1v) is 7.02. The molecule has 2 aliphatic rings. The molecule has 102 valence electrons. The van der Waals surface area contributed by atoms with E-state index >= 15 is 0 Å². The van der Waals surface area contributed by atoms with Crippen LogP contribution in [0, 0.1) is 0 Å². The summed E-state index contributed by atoms with van der Waals surface area (Å²) in [5.41, 5.74) is 8.19. The van der Waals surface area contributed by atoms with E-state index in [9.17, 15) is 4.79 Å². The highest BCUT2D eigenvalue weighted by molar-refractivity contribution is 5.92. The fourth-order valence-electron chi connectivity index (χ4n) is 3.24. The van der Waals surface area contributed by atoms with Crippen molar-refractivity contribution >= 4 is 11.6 Å². The van der Waals surface area contributed by atoms with Gasteiger partial charge in [0.05, 0.1) is 18.7 Å². The molecule has 4 heteroatoms. The molecule has 1 saturated heterocycles. The lowest BCUT2D eigenvalue weighted by molar-refractivity contribution is -0.119. The summed E-state index contributed by atoms with van der Waals surface area (Å²) in [6, 6.07) is 8.12. The molecule has 1 saturated carbocycles. The molecule has 0 aromatic heterocycles. The molecule has 4 nitrogen and oxygen atoms in total. The van der Waals surface area contributed by atoms with Crippen LogP contribution in [0.4, 0.5) is 5.69 Å². The zero-order valence-electron chi connectivity index (χ0n) is 11.1. The number of anilines is 1. The van der Waals surface area contributed by atoms with E-state index in [1.54, 1.807) is 0 Å². The summed E-state index contributed by atoms with van der Waals surface area (Å²) in [4.78, 5) is 17.1. The molecule has 1 amide bonds. The summed E-state index contributed by atoms with van der Waals surface area (Å²) < 4.78 is 0. The van der Waals surface area contributed by atoms with Gasteiger partial charge in [0.15, 0.2) is 0 Å². The molecule has 0 atom stereocenters. The van der Waals surface area contributed by atoms with Gasteiger partial charge >= 0.3 is 0 Å². The number of nitrogens with two attached hydrogens (primary N) is 1. The van der Waals surface area contributed by atoms with E-state index in [2.05, 4.69) is 12.1 Å². The van der Waals surface area contributed by atoms with E-state index in [1.807, 2.05) is 12.1 Å². The fraction of sp³-hybridized carbons (Fsp3) is 0.533. The molecular weight excluding hydrogens is 240 g/mol. The molecule has 1 aliphatic carbocycles. The van der Waals surface area contributed by atoms with Gasteiger partial charge in [0.2, 0.25) is 0 Å². The molecule has 1 aromatic rings. The van der Waals surface area contributed by atoms with Crippen molar-refractivity contribution in [2.45, 2.75) is 37.5 Å². The van der Waals surface area contributed by atoms with Crippen molar-refractivity contribution in [2.24, 2.45) is 5.73 Å². The SMILES string of the molecule is NCC1(c2cccc(N3OCCC3=O)c2)CCCC1. The molecular formula is C15H20N2O2. The van der Waals surface area contributed by atoms with Gasteiger partial charge < -0.3 is 5.73 Å². The van der Waals surface area contributed by atoms with Crippen LogP contribution in [-0.4, -0.2) is 19.1 Å². The van der Waals surface area contributed by atoms with Crippen LogP contribution in [-0.2, 0) is 15.0 Å². The Morgan fingerprint density at radius 2 is 2.11 bits per heavy atom. The predicted octanol–water partition coefficient (Wildman–Crippen LogP) is 2.13. The zero-order chi connectivity index (χ0) is 13.3. The van der Waals surface area contributed by atoms with Gasteiger partial charge in [-0.25, -0.2) is 0 Å². The van der Waals surface area contributed by atoms with Crippen LogP contribution >= 0.6 is 0 Å². The van der Waals surface area contributed by atoms with Crippen LogP contribution < -0.4 is 10.8 Å². The van der Waals surface area contributed by atoms with Gasteiger partial charge in [0, 0.05) is 12.0 Å². The standard InChI is InChI=1S/C15H20N2O2/c16-11-15(7-1-2-8-15)12-4-3-5-13(10-12)17-14(18)6-9-19-17/h3-5,10H,1-2,6-9,11,16H2. The van der Waals surface area contributed by atoms with Crippen molar-refractivity contribution in [1.29, 1.82) is 0 Å². The maximum Gasteiger partial charge on any atom is 0.253 e. The number of hydrogen-bond donors (Lipinski definition) is 1. The quantitative estimate of drug-likeness (QED) is 0.905. The first-order chi connectivity index (χ1) is 9.25. The Morgan fingerprint density at radius 3 is 2.74 bits per heavy atom. The van der Waals surface area contributed by atoms with E-state index in [1.165, 1.54) is 23.5 Å². The van der Waals surface area contributed by atoms with Gasteiger partial charge in [-0.3, -0.25) is 9.63 Å². The minimum absolute atomic E-state index is 0.0328. The molecule has 19 heavy (non-hydrogen) atoms. The summed E-state index contributed by atoms with van der Waals surface area (Å²) in [6.07, 6.45) is 5.22. The smallest absolute Gasteiger partial charge is 0.253 e. The minimum atomic E-state index is 0.0328. The largest absolute Gasteiger partial charge is 0.330 e. The summed E-state index contributed by atoms with van der Waals surface area (Å²) >= 11 is 0. The monoisotopic (exact) mass is 260 g/mol. The number of hydrogen-bond acceptors (Lipinski definition) is 3. The first kappa shape index (κ1) is 12.6. The molecule has 0 radical (unpaired) electrons. The van der Waals surface area contributed by atoms with Crippen LogP contribution in [0.5, 0.6) is 0 Å². The van der Waals surface area contributed by atoms with Crippen LogP contribution in [0.2, 0.25) is 0 Å². The third-order valence-corrected chi connectivity index (χ3v) is 4.41. The summed E-state index contributed by atoms with van der Waals surface area (Å²) in [7, 11) is 0. The van der Waals surface area contributed by atoms with E-state index < -0.39 is 0 Å². The number of benzene rings is 1. The highest BCUT2D eigenvalue weighted by Gasteiger charge is 2.35. The minimum Gasteiger partial charge on any atom is -0.330 e. The molecule has 0 spiro atoms. The van der Waals surface area contributed by atoms with Crippen molar-refractivity contribution in [3.8, 4) is 0 Å². The number of hydroxylamine groups is 1. The van der Waals surface area contributed by atoms with Crippen molar-refractivity contribution in [3.05, 3.63) is 29.8 Å². The third-order valence-electron chi connectivity index (χ3n) is 4.41. The Bertz CT molecular complexity index is 481. The fourth-order valence-corrected chi connectivity index (χ4v) is 3.24. The lowest BCUT2D eigenvalue weighted by Gasteiger charge is -2.29. The molecule has 1 heterocycles. The Balaban J connectivity index is 1.93. The molecule has 0 unspecified atom stereocenters. The molecule has 2 fully saturated rings. The van der Waals surface area contributed by atoms with E-state index in [-0.39, 0.29) is 11.3 Å². The number of carbonyl (C=O) groups excluding carboxylic acids is 1. The zero-order valence-corrected chi connectivity index (χ0v) is 11.1. The van der Waals surface area contributed by atoms with Crippen molar-refractivity contribution in [3.63, 3.8) is 0 Å². The highest BCUT2D eigenvalue weighted by atomic mass is 16.7. The van der Waals surface area contributed by atoms with Crippen LogP contribution in [0.1, 0.15) is 37.7 Å². The Kier molecular flexibility index (Phi) is 3.29. The van der Waals surface area contributed by atoms with Crippen molar-refractivity contribution in [2.75, 3.05) is 18.2 Å². The highest BCUT2D eigenvalue weighted by Crippen LogP contribution is 2.41. The average molecular weight is 260 g/mol. The first-order valence-electron chi connectivity index (χ1n) is 7.02. The Hall–Kier alpha value is -1.39. The topological polar surface area (TPSA) is 55.6 Å². The summed E-state index contributed by atoms with van der Waals surface area (Å²) in [5.74, 6) is 0.0328. The number of nitrogens with zero attached hydrogens (tertiary/aromatic N) is 1. The second-order valence-electron chi connectivity index (χ2n) is 5.51. The maximum absolute atomic E-state index is 11.7. The van der Waals surface area contributed by atoms with Crippen LogP contribution in [0.3, 0.4) is 0 Å². The van der Waals surface area contributed by atoms with E-state index in [4.69, 9.17) is 10.6 Å². The molecule has 3 rings (SSSR count). The Morgan fingerprint density at radius 1 is 1.32 bits per heavy atom. The average Bonchev–Trinajstić information content (AvgIpc) is 3.08. The van der Waals surface area contributed by atoms with Crippen LogP contribution in [0.25, 0.3) is 0 Å². The van der Waals surface area contributed by atoms with Crippen molar-refractivity contribution < 1.29 is 9.63 Å². The van der Waals surface area contributed by atoms with Gasteiger partial charge in [0.1, 0.15) is 0 Å². The predicted molar refractivity (Wildman–Crippen MR) is 73.7 cm³/mol. The van der Waals surface area contributed by atoms with E-state index in [0.717, 1.165) is 18.5 Å². The molecule has 0 bridgehead atoms. The maximum atomic E-state index is 11.7. The van der Waals surface area contributed by atoms with Crippen LogP contribution in [0.15, 0.2) is 24.3 Å². The second kappa shape index (κ2) is 4.94. The molecule has 1 aliphatic heterocycles. The van der Waals surface area contributed by atoms with Crippen molar-refractivity contribution in [1.82, 2.24) is 0 Å². The molecule has 2 N–H and O–H groups in total. The Labute approximate surface area is 113 Å². The second-order valence-corrected chi connectivity index (χ2v) is 5.51. The lowest BCUT2D eigenvalue weighted by atomic mass is 9.79. The number of carbonyl (C=O) groups is 1. The summed E-state index contributed by atoms with van der Waals surface area (Å²) in [5, 5.41) is 1.42. The van der Waals surface area contributed by atoms with E-state index in [0.29, 0.717) is 19.6 Å². The lowest BCUT2D eigenvalue weighted by Crippen LogP contribution is -2.32. The van der Waals surface area contributed by atoms with Gasteiger partial charge in [0.25, 0.3) is 5.91 Å². The number of rotatable bonds is 3. The molecule has 1 aromatic carbocycles. The normalized spacial score (nSPS) is 22.2.